The molecule has 12 rings (SSSR count). The van der Waals surface area contributed by atoms with Gasteiger partial charge in [0.15, 0.2) is 0 Å². The van der Waals surface area contributed by atoms with Gasteiger partial charge in [0, 0.05) is 39.3 Å². The van der Waals surface area contributed by atoms with Crippen LogP contribution in [0, 0.1) is 0 Å². The Balaban J connectivity index is 1.26. The molecular formula is C63H55BN2. The predicted molar refractivity (Wildman–Crippen MR) is 284 cm³/mol. The molecule has 0 fully saturated rings. The van der Waals surface area contributed by atoms with Crippen molar-refractivity contribution in [1.29, 1.82) is 0 Å². The van der Waals surface area contributed by atoms with E-state index < -0.39 is 0 Å². The Morgan fingerprint density at radius 2 is 1.03 bits per heavy atom. The Hall–Kier alpha value is -7.10. The molecule has 2 aliphatic heterocycles. The molecule has 3 heteroatoms. The second-order valence-corrected chi connectivity index (χ2v) is 21.3. The first kappa shape index (κ1) is 40.4. The van der Waals surface area contributed by atoms with E-state index in [-0.39, 0.29) is 23.1 Å². The highest BCUT2D eigenvalue weighted by atomic mass is 15.2. The second-order valence-electron chi connectivity index (χ2n) is 21.3. The van der Waals surface area contributed by atoms with Crippen LogP contribution in [0.4, 0.5) is 28.4 Å². The normalized spacial score (nSPS) is 14.4. The van der Waals surface area contributed by atoms with Crippen LogP contribution in [0.2, 0.25) is 0 Å². The first-order chi connectivity index (χ1) is 31.8. The fourth-order valence-electron chi connectivity index (χ4n) is 11.5. The van der Waals surface area contributed by atoms with Crippen LogP contribution in [0.15, 0.2) is 188 Å². The molecule has 320 valence electrons. The van der Waals surface area contributed by atoms with Crippen molar-refractivity contribution < 1.29 is 0 Å². The Bertz CT molecular complexity index is 3410. The van der Waals surface area contributed by atoms with Crippen molar-refractivity contribution in [3.8, 4) is 44.5 Å². The quantitative estimate of drug-likeness (QED) is 0.163. The highest BCUT2D eigenvalue weighted by Crippen LogP contribution is 2.55. The molecule has 0 atom stereocenters. The third-order valence-electron chi connectivity index (χ3n) is 15.0. The molecule has 9 aromatic carbocycles. The standard InChI is InChI=1S/C63H55BN2/c1-61(2,3)44-28-31-46(32-29-44)66-55-37-42(40-19-11-9-12-20-40)27-33-49(55)57-47-24-16-15-23-43(47)38-56-60(57)64(66)59-54(36-34-52-58(59)48-25-17-18-26-51(48)63(52,7)8)65(56)53-35-30-45(62(4,5)6)39-50(53)41-21-13-10-14-22-41/h9-39H,1-8H3. The van der Waals surface area contributed by atoms with Crippen LogP contribution in [0.3, 0.4) is 0 Å². The lowest BCUT2D eigenvalue weighted by Gasteiger charge is -2.47. The van der Waals surface area contributed by atoms with Crippen LogP contribution in [-0.4, -0.2) is 6.85 Å². The van der Waals surface area contributed by atoms with E-state index in [4.69, 9.17) is 0 Å². The number of nitrogens with zero attached hydrogens (tertiary/aromatic N) is 2. The summed E-state index contributed by atoms with van der Waals surface area (Å²) in [5.74, 6) is 0. The maximum Gasteiger partial charge on any atom is 0.333 e. The molecule has 0 aromatic heterocycles. The summed E-state index contributed by atoms with van der Waals surface area (Å²) in [5, 5.41) is 2.51. The monoisotopic (exact) mass is 850 g/mol. The highest BCUT2D eigenvalue weighted by molar-refractivity contribution is 6.95. The SMILES string of the molecule is CC(C)(C)c1ccc(N2B3c4c(ccc5c4-c4ccccc4C5(C)C)N(c4ccc(C(C)(C)C)cc4-c4ccccc4)c4cc5ccccc5c(c43)-c3ccc(-c4ccccc4)cc32)cc1. The molecular weight excluding hydrogens is 796 g/mol. The predicted octanol–water partition coefficient (Wildman–Crippen LogP) is 15.8. The van der Waals surface area contributed by atoms with Crippen LogP contribution in [0.5, 0.6) is 0 Å². The summed E-state index contributed by atoms with van der Waals surface area (Å²) in [5.41, 5.74) is 24.1. The van der Waals surface area contributed by atoms with Crippen molar-refractivity contribution >= 4 is 57.0 Å². The van der Waals surface area contributed by atoms with Gasteiger partial charge in [0.05, 0.1) is 5.69 Å². The van der Waals surface area contributed by atoms with Crippen LogP contribution in [0.1, 0.15) is 77.6 Å². The molecule has 2 heterocycles. The lowest BCUT2D eigenvalue weighted by molar-refractivity contribution is 0.590. The molecule has 0 amide bonds. The Kier molecular flexibility index (Phi) is 8.85. The molecule has 0 N–H and O–H groups in total. The minimum Gasteiger partial charge on any atom is -0.376 e. The van der Waals surface area contributed by atoms with Crippen LogP contribution in [0.25, 0.3) is 55.3 Å². The topological polar surface area (TPSA) is 6.48 Å². The third kappa shape index (κ3) is 6.02. The molecule has 9 aromatic rings. The van der Waals surface area contributed by atoms with Gasteiger partial charge in [-0.3, -0.25) is 0 Å². The van der Waals surface area contributed by atoms with Gasteiger partial charge in [-0.1, -0.05) is 201 Å². The molecule has 1 aliphatic carbocycles. The summed E-state index contributed by atoms with van der Waals surface area (Å²) in [4.78, 5) is 5.35. The molecule has 0 unspecified atom stereocenters. The molecule has 0 saturated carbocycles. The zero-order chi connectivity index (χ0) is 45.3. The summed E-state index contributed by atoms with van der Waals surface area (Å²) in [6.45, 7) is 18.6. The maximum absolute atomic E-state index is 2.71. The molecule has 2 nitrogen and oxygen atoms in total. The van der Waals surface area contributed by atoms with Crippen molar-refractivity contribution in [1.82, 2.24) is 0 Å². The lowest BCUT2D eigenvalue weighted by Crippen LogP contribution is -2.62. The zero-order valence-corrected chi connectivity index (χ0v) is 39.4. The number of fused-ring (bicyclic) bond motifs is 10. The highest BCUT2D eigenvalue weighted by Gasteiger charge is 2.50. The first-order valence-electron chi connectivity index (χ1n) is 23.7. The Morgan fingerprint density at radius 1 is 0.409 bits per heavy atom. The van der Waals surface area contributed by atoms with Crippen molar-refractivity contribution in [3.05, 3.63) is 210 Å². The Morgan fingerprint density at radius 3 is 1.76 bits per heavy atom. The van der Waals surface area contributed by atoms with Crippen molar-refractivity contribution in [2.75, 3.05) is 9.71 Å². The van der Waals surface area contributed by atoms with Gasteiger partial charge < -0.3 is 9.71 Å². The summed E-state index contributed by atoms with van der Waals surface area (Å²) >= 11 is 0. The van der Waals surface area contributed by atoms with Gasteiger partial charge in [-0.25, -0.2) is 0 Å². The minimum atomic E-state index is -0.186. The van der Waals surface area contributed by atoms with Gasteiger partial charge in [0.2, 0.25) is 0 Å². The van der Waals surface area contributed by atoms with E-state index in [1.807, 2.05) is 0 Å². The Labute approximate surface area is 391 Å². The molecule has 66 heavy (non-hydrogen) atoms. The number of hydrogen-bond donors (Lipinski definition) is 0. The van der Waals surface area contributed by atoms with Gasteiger partial charge in [-0.15, -0.1) is 0 Å². The van der Waals surface area contributed by atoms with E-state index >= 15 is 0 Å². The molecule has 3 aliphatic rings. The van der Waals surface area contributed by atoms with Crippen LogP contribution in [-0.2, 0) is 16.2 Å². The zero-order valence-electron chi connectivity index (χ0n) is 39.4. The van der Waals surface area contributed by atoms with E-state index in [0.717, 1.165) is 0 Å². The van der Waals surface area contributed by atoms with Gasteiger partial charge in [-0.2, -0.15) is 0 Å². The van der Waals surface area contributed by atoms with E-state index in [9.17, 15) is 0 Å². The van der Waals surface area contributed by atoms with Gasteiger partial charge in [0.1, 0.15) is 0 Å². The average molecular weight is 851 g/mol. The number of hydrogen-bond acceptors (Lipinski definition) is 2. The third-order valence-corrected chi connectivity index (χ3v) is 15.0. The van der Waals surface area contributed by atoms with Crippen molar-refractivity contribution in [2.45, 2.75) is 71.6 Å². The fourth-order valence-corrected chi connectivity index (χ4v) is 11.5. The molecule has 0 radical (unpaired) electrons. The molecule has 0 spiro atoms. The first-order valence-corrected chi connectivity index (χ1v) is 23.7. The van der Waals surface area contributed by atoms with E-state index in [0.29, 0.717) is 0 Å². The molecule has 0 bridgehead atoms. The largest absolute Gasteiger partial charge is 0.376 e. The maximum atomic E-state index is 2.71. The average Bonchev–Trinajstić information content (AvgIpc) is 3.56. The lowest BCUT2D eigenvalue weighted by atomic mass is 9.42. The summed E-state index contributed by atoms with van der Waals surface area (Å²) in [7, 11) is 0. The fraction of sp³-hybridized carbons (Fsp3) is 0.175. The summed E-state index contributed by atoms with van der Waals surface area (Å²) in [6.07, 6.45) is 0. The summed E-state index contributed by atoms with van der Waals surface area (Å²) < 4.78 is 0. The van der Waals surface area contributed by atoms with Crippen molar-refractivity contribution in [2.24, 2.45) is 0 Å². The summed E-state index contributed by atoms with van der Waals surface area (Å²) in [6, 6.07) is 71.6. The van der Waals surface area contributed by atoms with E-state index in [2.05, 4.69) is 253 Å². The van der Waals surface area contributed by atoms with Crippen molar-refractivity contribution in [3.63, 3.8) is 0 Å². The minimum absolute atomic E-state index is 0.0184. The second kappa shape index (κ2) is 14.5. The smallest absolute Gasteiger partial charge is 0.333 e. The van der Waals surface area contributed by atoms with Gasteiger partial charge in [0.25, 0.3) is 0 Å². The van der Waals surface area contributed by atoms with Gasteiger partial charge >= 0.3 is 6.85 Å². The van der Waals surface area contributed by atoms with Crippen LogP contribution >= 0.6 is 0 Å². The number of rotatable bonds is 4. The van der Waals surface area contributed by atoms with E-state index in [1.165, 1.54) is 117 Å². The van der Waals surface area contributed by atoms with Crippen LogP contribution < -0.4 is 20.6 Å². The van der Waals surface area contributed by atoms with Gasteiger partial charge in [-0.05, 0) is 131 Å². The number of benzene rings is 9. The number of anilines is 5. The molecule has 0 saturated heterocycles. The van der Waals surface area contributed by atoms with E-state index in [1.54, 1.807) is 0 Å².